The minimum Gasteiger partial charge on any atom is -0.267 e. The molecule has 44 heavy (non-hydrogen) atoms. The van der Waals surface area contributed by atoms with Crippen LogP contribution in [0, 0.1) is 0 Å². The Labute approximate surface area is 257 Å². The molecule has 6 rings (SSSR count). The molecule has 0 bridgehead atoms. The standard InChI is InChI=1S/2C19H18N2O/c2*1-14(2)21-19(22)18(16-11-7-4-8-12-16)17(13-20-21)15-9-5-3-6-10-15/h2*3-14H,1-2H3. The smallest absolute Gasteiger partial charge is 0.267 e. The Hall–Kier alpha value is -5.36. The van der Waals surface area contributed by atoms with Crippen molar-refractivity contribution in [3.8, 4) is 44.5 Å². The van der Waals surface area contributed by atoms with E-state index in [-0.39, 0.29) is 23.2 Å². The van der Waals surface area contributed by atoms with Crippen LogP contribution in [0.25, 0.3) is 44.5 Å². The zero-order valence-corrected chi connectivity index (χ0v) is 25.5. The van der Waals surface area contributed by atoms with Gasteiger partial charge in [-0.05, 0) is 49.9 Å². The van der Waals surface area contributed by atoms with Crippen molar-refractivity contribution >= 4 is 0 Å². The molecule has 0 radical (unpaired) electrons. The third-order valence-corrected chi connectivity index (χ3v) is 7.28. The van der Waals surface area contributed by atoms with Crippen LogP contribution in [0.15, 0.2) is 143 Å². The van der Waals surface area contributed by atoms with Gasteiger partial charge in [0.1, 0.15) is 0 Å². The molecule has 0 N–H and O–H groups in total. The normalized spacial score (nSPS) is 10.9. The van der Waals surface area contributed by atoms with E-state index in [1.165, 1.54) is 9.36 Å². The van der Waals surface area contributed by atoms with Crippen molar-refractivity contribution in [3.05, 3.63) is 154 Å². The van der Waals surface area contributed by atoms with Gasteiger partial charge in [0.15, 0.2) is 0 Å². The van der Waals surface area contributed by atoms with Gasteiger partial charge in [-0.15, -0.1) is 0 Å². The highest BCUT2D eigenvalue weighted by molar-refractivity contribution is 5.83. The Morgan fingerprint density at radius 2 is 0.705 bits per heavy atom. The molecule has 0 spiro atoms. The van der Waals surface area contributed by atoms with Crippen LogP contribution in [0.3, 0.4) is 0 Å². The van der Waals surface area contributed by atoms with E-state index in [2.05, 4.69) is 10.2 Å². The SMILES string of the molecule is CC(C)n1ncc(-c2ccccc2)c(-c2ccccc2)c1=O.CC(C)n1ncc(-c2ccccc2)c(-c2ccccc2)c1=O. The van der Waals surface area contributed by atoms with Gasteiger partial charge in [-0.25, -0.2) is 9.36 Å². The number of benzene rings is 4. The van der Waals surface area contributed by atoms with Gasteiger partial charge in [0.2, 0.25) is 0 Å². The molecule has 6 nitrogen and oxygen atoms in total. The first kappa shape index (κ1) is 30.1. The van der Waals surface area contributed by atoms with Crippen LogP contribution in [0.2, 0.25) is 0 Å². The van der Waals surface area contributed by atoms with Gasteiger partial charge in [-0.1, -0.05) is 121 Å². The fourth-order valence-corrected chi connectivity index (χ4v) is 5.11. The first-order chi connectivity index (χ1) is 21.4. The fourth-order valence-electron chi connectivity index (χ4n) is 5.11. The van der Waals surface area contributed by atoms with E-state index in [4.69, 9.17) is 0 Å². The number of hydrogen-bond acceptors (Lipinski definition) is 4. The van der Waals surface area contributed by atoms with E-state index in [0.717, 1.165) is 33.4 Å². The third-order valence-electron chi connectivity index (χ3n) is 7.28. The van der Waals surface area contributed by atoms with E-state index >= 15 is 0 Å². The molecule has 2 aromatic heterocycles. The predicted molar refractivity (Wildman–Crippen MR) is 180 cm³/mol. The third kappa shape index (κ3) is 6.50. The summed E-state index contributed by atoms with van der Waals surface area (Å²) in [6, 6.07) is 39.4. The average molecular weight is 581 g/mol. The first-order valence-electron chi connectivity index (χ1n) is 14.8. The molecule has 0 aliphatic heterocycles. The molecule has 0 aliphatic rings. The molecule has 6 aromatic rings. The van der Waals surface area contributed by atoms with Gasteiger partial charge >= 0.3 is 0 Å². The lowest BCUT2D eigenvalue weighted by molar-refractivity contribution is 0.504. The van der Waals surface area contributed by atoms with Gasteiger partial charge < -0.3 is 0 Å². The molecular formula is C38H36N4O2. The Balaban J connectivity index is 0.000000175. The van der Waals surface area contributed by atoms with Crippen molar-refractivity contribution < 1.29 is 0 Å². The van der Waals surface area contributed by atoms with Crippen molar-refractivity contribution in [1.29, 1.82) is 0 Å². The molecule has 0 atom stereocenters. The van der Waals surface area contributed by atoms with Crippen LogP contribution in [-0.4, -0.2) is 19.6 Å². The summed E-state index contributed by atoms with van der Waals surface area (Å²) in [5.41, 5.74) is 6.88. The van der Waals surface area contributed by atoms with Crippen LogP contribution in [0.4, 0.5) is 0 Å². The number of nitrogens with zero attached hydrogens (tertiary/aromatic N) is 4. The van der Waals surface area contributed by atoms with Gasteiger partial charge in [0, 0.05) is 11.1 Å². The summed E-state index contributed by atoms with van der Waals surface area (Å²) in [5.74, 6) is 0. The van der Waals surface area contributed by atoms with E-state index in [1.807, 2.05) is 149 Å². The highest BCUT2D eigenvalue weighted by Crippen LogP contribution is 2.30. The lowest BCUT2D eigenvalue weighted by atomic mass is 9.97. The summed E-state index contributed by atoms with van der Waals surface area (Å²) < 4.78 is 3.07. The number of aromatic nitrogens is 4. The Morgan fingerprint density at radius 1 is 0.432 bits per heavy atom. The Bertz CT molecular complexity index is 1790. The fraction of sp³-hybridized carbons (Fsp3) is 0.158. The van der Waals surface area contributed by atoms with Crippen LogP contribution in [-0.2, 0) is 0 Å². The number of rotatable bonds is 6. The second kappa shape index (κ2) is 13.7. The molecule has 0 amide bonds. The summed E-state index contributed by atoms with van der Waals surface area (Å²) in [5, 5.41) is 8.69. The zero-order chi connectivity index (χ0) is 31.1. The Morgan fingerprint density at radius 3 is 0.977 bits per heavy atom. The van der Waals surface area contributed by atoms with Crippen molar-refractivity contribution in [2.75, 3.05) is 0 Å². The predicted octanol–water partition coefficient (Wildman–Crippen LogP) is 8.32. The van der Waals surface area contributed by atoms with Crippen molar-refractivity contribution in [2.24, 2.45) is 0 Å². The summed E-state index contributed by atoms with van der Waals surface area (Å²) in [4.78, 5) is 25.8. The van der Waals surface area contributed by atoms with Gasteiger partial charge in [0.25, 0.3) is 11.1 Å². The van der Waals surface area contributed by atoms with Crippen LogP contribution >= 0.6 is 0 Å². The molecule has 0 fully saturated rings. The van der Waals surface area contributed by atoms with E-state index in [0.29, 0.717) is 11.1 Å². The second-order valence-corrected chi connectivity index (χ2v) is 11.0. The molecule has 220 valence electrons. The molecule has 0 saturated heterocycles. The van der Waals surface area contributed by atoms with E-state index < -0.39 is 0 Å². The summed E-state index contributed by atoms with van der Waals surface area (Å²) >= 11 is 0. The molecule has 0 aliphatic carbocycles. The maximum atomic E-state index is 12.9. The molecule has 4 aromatic carbocycles. The average Bonchev–Trinajstić information content (AvgIpc) is 3.06. The topological polar surface area (TPSA) is 69.8 Å². The van der Waals surface area contributed by atoms with Gasteiger partial charge in [-0.3, -0.25) is 9.59 Å². The molecule has 6 heteroatoms. The highest BCUT2D eigenvalue weighted by Gasteiger charge is 2.17. The van der Waals surface area contributed by atoms with Gasteiger partial charge in [-0.2, -0.15) is 10.2 Å². The lowest BCUT2D eigenvalue weighted by Crippen LogP contribution is -2.26. The maximum Gasteiger partial charge on any atom is 0.275 e. The van der Waals surface area contributed by atoms with Gasteiger partial charge in [0.05, 0.1) is 35.6 Å². The minimum absolute atomic E-state index is 0.0276. The second-order valence-electron chi connectivity index (χ2n) is 11.0. The monoisotopic (exact) mass is 580 g/mol. The number of hydrogen-bond donors (Lipinski definition) is 0. The molecule has 2 heterocycles. The zero-order valence-electron chi connectivity index (χ0n) is 25.5. The largest absolute Gasteiger partial charge is 0.275 e. The van der Waals surface area contributed by atoms with Crippen molar-refractivity contribution in [1.82, 2.24) is 19.6 Å². The highest BCUT2D eigenvalue weighted by atomic mass is 16.1. The lowest BCUT2D eigenvalue weighted by Gasteiger charge is -2.14. The van der Waals surface area contributed by atoms with Crippen LogP contribution < -0.4 is 11.1 Å². The Kier molecular flexibility index (Phi) is 9.40. The summed E-state index contributed by atoms with van der Waals surface area (Å²) in [6.07, 6.45) is 3.58. The van der Waals surface area contributed by atoms with E-state index in [1.54, 1.807) is 12.4 Å². The molecule has 0 unspecified atom stereocenters. The quantitative estimate of drug-likeness (QED) is 0.199. The van der Waals surface area contributed by atoms with Crippen LogP contribution in [0.1, 0.15) is 39.8 Å². The summed E-state index contributed by atoms with van der Waals surface area (Å²) in [7, 11) is 0. The minimum atomic E-state index is -0.0532. The van der Waals surface area contributed by atoms with E-state index in [9.17, 15) is 9.59 Å². The van der Waals surface area contributed by atoms with Crippen molar-refractivity contribution in [3.63, 3.8) is 0 Å². The van der Waals surface area contributed by atoms with Crippen LogP contribution in [0.5, 0.6) is 0 Å². The van der Waals surface area contributed by atoms with Crippen molar-refractivity contribution in [2.45, 2.75) is 39.8 Å². The first-order valence-corrected chi connectivity index (χ1v) is 14.8. The maximum absolute atomic E-state index is 12.9. The molecule has 0 saturated carbocycles. The summed E-state index contributed by atoms with van der Waals surface area (Å²) in [6.45, 7) is 7.85. The molecular weight excluding hydrogens is 544 g/mol.